The highest BCUT2D eigenvalue weighted by Gasteiger charge is 2.15. The first-order valence-corrected chi connectivity index (χ1v) is 6.22. The molecule has 0 aromatic heterocycles. The summed E-state index contributed by atoms with van der Waals surface area (Å²) < 4.78 is 14.5. The van der Waals surface area contributed by atoms with Crippen LogP contribution in [-0.2, 0) is 0 Å². The fourth-order valence-electron chi connectivity index (χ4n) is 1.81. The maximum absolute atomic E-state index is 13.6. The third-order valence-electron chi connectivity index (χ3n) is 2.84. The SMILES string of the molecule is CC(CC(CN)CN)c1cc(Br)ccc1F. The van der Waals surface area contributed by atoms with E-state index in [-0.39, 0.29) is 17.7 Å². The second-order valence-electron chi connectivity index (χ2n) is 4.14. The maximum atomic E-state index is 13.6. The van der Waals surface area contributed by atoms with Crippen molar-refractivity contribution >= 4 is 15.9 Å². The van der Waals surface area contributed by atoms with Crippen molar-refractivity contribution < 1.29 is 4.39 Å². The molecule has 1 rings (SSSR count). The van der Waals surface area contributed by atoms with Crippen molar-refractivity contribution in [1.29, 1.82) is 0 Å². The molecule has 0 amide bonds. The van der Waals surface area contributed by atoms with Gasteiger partial charge < -0.3 is 11.5 Å². The van der Waals surface area contributed by atoms with E-state index in [1.165, 1.54) is 6.07 Å². The molecule has 0 saturated heterocycles. The van der Waals surface area contributed by atoms with Crippen LogP contribution >= 0.6 is 15.9 Å². The van der Waals surface area contributed by atoms with E-state index in [0.717, 1.165) is 16.5 Å². The number of halogens is 2. The van der Waals surface area contributed by atoms with Crippen LogP contribution in [-0.4, -0.2) is 13.1 Å². The van der Waals surface area contributed by atoms with Gasteiger partial charge in [-0.25, -0.2) is 4.39 Å². The molecule has 1 atom stereocenters. The van der Waals surface area contributed by atoms with Gasteiger partial charge in [0, 0.05) is 4.47 Å². The van der Waals surface area contributed by atoms with Crippen LogP contribution in [0.1, 0.15) is 24.8 Å². The second-order valence-corrected chi connectivity index (χ2v) is 5.06. The normalized spacial score (nSPS) is 13.1. The zero-order chi connectivity index (χ0) is 12.1. The summed E-state index contributed by atoms with van der Waals surface area (Å²) in [6, 6.07) is 5.01. The minimum Gasteiger partial charge on any atom is -0.330 e. The first kappa shape index (κ1) is 13.6. The van der Waals surface area contributed by atoms with Crippen molar-refractivity contribution in [2.45, 2.75) is 19.3 Å². The lowest BCUT2D eigenvalue weighted by Gasteiger charge is -2.19. The van der Waals surface area contributed by atoms with Gasteiger partial charge in [-0.05, 0) is 55.1 Å². The maximum Gasteiger partial charge on any atom is 0.126 e. The van der Waals surface area contributed by atoms with Gasteiger partial charge in [0.2, 0.25) is 0 Å². The summed E-state index contributed by atoms with van der Waals surface area (Å²) in [6.07, 6.45) is 0.820. The van der Waals surface area contributed by atoms with E-state index in [4.69, 9.17) is 11.5 Å². The molecule has 0 aliphatic carbocycles. The van der Waals surface area contributed by atoms with Crippen LogP contribution in [0.2, 0.25) is 0 Å². The molecule has 1 aromatic rings. The molecule has 0 fully saturated rings. The Morgan fingerprint density at radius 1 is 1.31 bits per heavy atom. The fraction of sp³-hybridized carbons (Fsp3) is 0.500. The minimum atomic E-state index is -0.163. The quantitative estimate of drug-likeness (QED) is 0.875. The first-order valence-electron chi connectivity index (χ1n) is 5.43. The molecule has 90 valence electrons. The summed E-state index contributed by atoms with van der Waals surface area (Å²) in [4.78, 5) is 0. The summed E-state index contributed by atoms with van der Waals surface area (Å²) in [5.41, 5.74) is 11.9. The summed E-state index contributed by atoms with van der Waals surface area (Å²) in [5, 5.41) is 0. The largest absolute Gasteiger partial charge is 0.330 e. The van der Waals surface area contributed by atoms with Gasteiger partial charge >= 0.3 is 0 Å². The number of nitrogens with two attached hydrogens (primary N) is 2. The van der Waals surface area contributed by atoms with E-state index in [1.54, 1.807) is 6.07 Å². The van der Waals surface area contributed by atoms with E-state index < -0.39 is 0 Å². The van der Waals surface area contributed by atoms with E-state index in [1.807, 2.05) is 13.0 Å². The molecule has 0 heterocycles. The Kier molecular flexibility index (Phi) is 5.38. The van der Waals surface area contributed by atoms with Crippen molar-refractivity contribution in [2.24, 2.45) is 17.4 Å². The molecule has 0 aliphatic heterocycles. The Morgan fingerprint density at radius 3 is 2.50 bits per heavy atom. The van der Waals surface area contributed by atoms with Crippen LogP contribution < -0.4 is 11.5 Å². The van der Waals surface area contributed by atoms with E-state index in [0.29, 0.717) is 13.1 Å². The Morgan fingerprint density at radius 2 is 1.94 bits per heavy atom. The molecule has 4 heteroatoms. The van der Waals surface area contributed by atoms with Gasteiger partial charge in [-0.1, -0.05) is 22.9 Å². The summed E-state index contributed by atoms with van der Waals surface area (Å²) >= 11 is 3.35. The minimum absolute atomic E-state index is 0.134. The predicted molar refractivity (Wildman–Crippen MR) is 68.7 cm³/mol. The highest BCUT2D eigenvalue weighted by atomic mass is 79.9. The van der Waals surface area contributed by atoms with E-state index in [2.05, 4.69) is 15.9 Å². The Hall–Kier alpha value is -0.450. The molecule has 4 N–H and O–H groups in total. The van der Waals surface area contributed by atoms with Crippen LogP contribution in [0.15, 0.2) is 22.7 Å². The molecule has 16 heavy (non-hydrogen) atoms. The third-order valence-corrected chi connectivity index (χ3v) is 3.34. The lowest BCUT2D eigenvalue weighted by molar-refractivity contribution is 0.454. The summed E-state index contributed by atoms with van der Waals surface area (Å²) in [6.45, 7) is 3.11. The lowest BCUT2D eigenvalue weighted by Crippen LogP contribution is -2.24. The van der Waals surface area contributed by atoms with Gasteiger partial charge in [0.1, 0.15) is 5.82 Å². The van der Waals surface area contributed by atoms with Crippen LogP contribution in [0.3, 0.4) is 0 Å². The number of hydrogen-bond acceptors (Lipinski definition) is 2. The highest BCUT2D eigenvalue weighted by molar-refractivity contribution is 9.10. The van der Waals surface area contributed by atoms with Crippen molar-refractivity contribution in [1.82, 2.24) is 0 Å². The Labute approximate surface area is 104 Å². The zero-order valence-electron chi connectivity index (χ0n) is 9.42. The zero-order valence-corrected chi connectivity index (χ0v) is 11.0. The highest BCUT2D eigenvalue weighted by Crippen LogP contribution is 2.27. The Balaban J connectivity index is 2.79. The Bertz CT molecular complexity index is 340. The smallest absolute Gasteiger partial charge is 0.126 e. The topological polar surface area (TPSA) is 52.0 Å². The molecule has 0 bridgehead atoms. The van der Waals surface area contributed by atoms with Gasteiger partial charge in [-0.3, -0.25) is 0 Å². The molecular weight excluding hydrogens is 271 g/mol. The number of hydrogen-bond donors (Lipinski definition) is 2. The van der Waals surface area contributed by atoms with Crippen LogP contribution in [0.5, 0.6) is 0 Å². The van der Waals surface area contributed by atoms with Gasteiger partial charge in [-0.2, -0.15) is 0 Å². The molecule has 0 saturated carbocycles. The number of benzene rings is 1. The average molecular weight is 289 g/mol. The third kappa shape index (κ3) is 3.54. The van der Waals surface area contributed by atoms with Gasteiger partial charge in [-0.15, -0.1) is 0 Å². The summed E-state index contributed by atoms with van der Waals surface area (Å²) in [7, 11) is 0. The first-order chi connectivity index (χ1) is 7.58. The molecular formula is C12H18BrFN2. The van der Waals surface area contributed by atoms with Crippen LogP contribution in [0.25, 0.3) is 0 Å². The lowest BCUT2D eigenvalue weighted by atomic mass is 9.90. The van der Waals surface area contributed by atoms with Gasteiger partial charge in [0.05, 0.1) is 0 Å². The average Bonchev–Trinajstić information content (AvgIpc) is 2.28. The standard InChI is InChI=1S/C12H18BrFN2/c1-8(4-9(6-15)7-16)11-5-10(13)2-3-12(11)14/h2-3,5,8-9H,4,6-7,15-16H2,1H3. The molecule has 2 nitrogen and oxygen atoms in total. The van der Waals surface area contributed by atoms with Crippen molar-refractivity contribution in [3.63, 3.8) is 0 Å². The molecule has 1 unspecified atom stereocenters. The van der Waals surface area contributed by atoms with Gasteiger partial charge in [0.25, 0.3) is 0 Å². The van der Waals surface area contributed by atoms with Crippen molar-refractivity contribution in [3.8, 4) is 0 Å². The number of rotatable bonds is 5. The molecule has 0 spiro atoms. The second kappa shape index (κ2) is 6.33. The molecule has 0 radical (unpaired) electrons. The fourth-order valence-corrected chi connectivity index (χ4v) is 2.19. The van der Waals surface area contributed by atoms with Crippen LogP contribution in [0.4, 0.5) is 4.39 Å². The van der Waals surface area contributed by atoms with Crippen LogP contribution in [0, 0.1) is 11.7 Å². The van der Waals surface area contributed by atoms with E-state index in [9.17, 15) is 4.39 Å². The van der Waals surface area contributed by atoms with Gasteiger partial charge in [0.15, 0.2) is 0 Å². The molecule has 1 aromatic carbocycles. The monoisotopic (exact) mass is 288 g/mol. The predicted octanol–water partition coefficient (Wildman–Crippen LogP) is 2.62. The van der Waals surface area contributed by atoms with E-state index >= 15 is 0 Å². The van der Waals surface area contributed by atoms with Crippen molar-refractivity contribution in [3.05, 3.63) is 34.1 Å². The molecule has 0 aliphatic rings. The van der Waals surface area contributed by atoms with Crippen molar-refractivity contribution in [2.75, 3.05) is 13.1 Å². The summed E-state index contributed by atoms with van der Waals surface area (Å²) in [5.74, 6) is 0.228.